The first kappa shape index (κ1) is 12.6. The van der Waals surface area contributed by atoms with E-state index in [-0.39, 0.29) is 11.4 Å². The van der Waals surface area contributed by atoms with Gasteiger partial charge in [-0.15, -0.1) is 0 Å². The van der Waals surface area contributed by atoms with Gasteiger partial charge in [-0.1, -0.05) is 6.42 Å². The van der Waals surface area contributed by atoms with Gasteiger partial charge in [-0.25, -0.2) is 14.6 Å². The third kappa shape index (κ3) is 2.10. The topological polar surface area (TPSA) is 70.4 Å². The molecule has 2 rings (SSSR count). The Bertz CT molecular complexity index is 479. The molecule has 0 radical (unpaired) electrons. The van der Waals surface area contributed by atoms with Gasteiger partial charge in [-0.05, 0) is 12.8 Å². The fourth-order valence-electron chi connectivity index (χ4n) is 2.20. The summed E-state index contributed by atoms with van der Waals surface area (Å²) in [6.45, 7) is 0.684. The van der Waals surface area contributed by atoms with Gasteiger partial charge in [-0.2, -0.15) is 0 Å². The van der Waals surface area contributed by atoms with Gasteiger partial charge < -0.3 is 14.0 Å². The summed E-state index contributed by atoms with van der Waals surface area (Å²) in [7, 11) is 2.56. The van der Waals surface area contributed by atoms with Gasteiger partial charge in [-0.3, -0.25) is 0 Å². The number of esters is 2. The van der Waals surface area contributed by atoms with Gasteiger partial charge in [0.05, 0.1) is 14.2 Å². The fraction of sp³-hybridized carbons (Fsp3) is 0.583. The van der Waals surface area contributed by atoms with Gasteiger partial charge in [0.2, 0.25) is 0 Å². The number of ether oxygens (including phenoxy) is 2. The Labute approximate surface area is 105 Å². The summed E-state index contributed by atoms with van der Waals surface area (Å²) in [5, 5.41) is 0. The summed E-state index contributed by atoms with van der Waals surface area (Å²) in [4.78, 5) is 27.7. The highest BCUT2D eigenvalue weighted by Crippen LogP contribution is 2.20. The molecule has 0 spiro atoms. The lowest BCUT2D eigenvalue weighted by Crippen LogP contribution is -2.16. The number of carbonyl (C=O) groups excluding carboxylic acids is 2. The van der Waals surface area contributed by atoms with Crippen LogP contribution in [0.4, 0.5) is 0 Å². The number of fused-ring (bicyclic) bond motifs is 1. The molecular weight excluding hydrogens is 236 g/mol. The molecule has 0 N–H and O–H groups in total. The van der Waals surface area contributed by atoms with Crippen LogP contribution in [0, 0.1) is 0 Å². The van der Waals surface area contributed by atoms with Crippen molar-refractivity contribution in [3.63, 3.8) is 0 Å². The quantitative estimate of drug-likeness (QED) is 0.739. The second kappa shape index (κ2) is 5.20. The van der Waals surface area contributed by atoms with Crippen LogP contribution in [0.3, 0.4) is 0 Å². The highest BCUT2D eigenvalue weighted by molar-refractivity contribution is 6.00. The van der Waals surface area contributed by atoms with Crippen molar-refractivity contribution in [2.24, 2.45) is 0 Å². The zero-order chi connectivity index (χ0) is 13.1. The minimum absolute atomic E-state index is 0.0567. The summed E-state index contributed by atoms with van der Waals surface area (Å²) >= 11 is 0. The summed E-state index contributed by atoms with van der Waals surface area (Å²) < 4.78 is 11.2. The minimum atomic E-state index is -0.601. The molecule has 1 aromatic heterocycles. The molecule has 0 saturated carbocycles. The number of aromatic nitrogens is 2. The Morgan fingerprint density at radius 1 is 1.11 bits per heavy atom. The highest BCUT2D eigenvalue weighted by atomic mass is 16.5. The van der Waals surface area contributed by atoms with Crippen LogP contribution in [0.5, 0.6) is 0 Å². The molecule has 0 unspecified atom stereocenters. The number of hydrogen-bond donors (Lipinski definition) is 0. The van der Waals surface area contributed by atoms with Crippen LogP contribution in [0.2, 0.25) is 0 Å². The Morgan fingerprint density at radius 2 is 1.83 bits per heavy atom. The maximum atomic E-state index is 11.8. The number of rotatable bonds is 2. The zero-order valence-corrected chi connectivity index (χ0v) is 10.6. The molecule has 0 aromatic carbocycles. The molecule has 1 aliphatic rings. The average molecular weight is 252 g/mol. The first-order valence-corrected chi connectivity index (χ1v) is 5.95. The van der Waals surface area contributed by atoms with Gasteiger partial charge in [0, 0.05) is 13.0 Å². The molecule has 0 aliphatic carbocycles. The standard InChI is InChI=1S/C12H16N2O4/c1-17-11(15)9-10(12(16)18-2)14-7-5-3-4-6-8(14)13-9/h3-7H2,1-2H3. The Hall–Kier alpha value is -1.85. The van der Waals surface area contributed by atoms with Crippen LogP contribution in [-0.2, 0) is 22.4 Å². The first-order chi connectivity index (χ1) is 8.69. The van der Waals surface area contributed by atoms with Crippen LogP contribution in [0.1, 0.15) is 46.1 Å². The molecule has 1 aromatic rings. The summed E-state index contributed by atoms with van der Waals surface area (Å²) in [5.74, 6) is -0.389. The maximum absolute atomic E-state index is 11.8. The molecule has 0 amide bonds. The largest absolute Gasteiger partial charge is 0.464 e. The van der Waals surface area contributed by atoms with E-state index < -0.39 is 11.9 Å². The summed E-state index contributed by atoms with van der Waals surface area (Å²) in [5.41, 5.74) is 0.266. The molecule has 0 saturated heterocycles. The molecule has 1 aliphatic heterocycles. The third-order valence-corrected chi connectivity index (χ3v) is 3.09. The molecule has 0 fully saturated rings. The van der Waals surface area contributed by atoms with Crippen molar-refractivity contribution in [1.82, 2.24) is 9.55 Å². The van der Waals surface area contributed by atoms with E-state index in [9.17, 15) is 9.59 Å². The summed E-state index contributed by atoms with van der Waals surface area (Å²) in [6.07, 6.45) is 3.84. The molecule has 18 heavy (non-hydrogen) atoms. The van der Waals surface area contributed by atoms with E-state index in [0.29, 0.717) is 6.54 Å². The van der Waals surface area contributed by atoms with Gasteiger partial charge in [0.1, 0.15) is 5.82 Å². The molecular formula is C12H16N2O4. The van der Waals surface area contributed by atoms with E-state index in [1.54, 1.807) is 4.57 Å². The van der Waals surface area contributed by atoms with E-state index in [4.69, 9.17) is 4.74 Å². The summed E-state index contributed by atoms with van der Waals surface area (Å²) in [6, 6.07) is 0. The third-order valence-electron chi connectivity index (χ3n) is 3.09. The highest BCUT2D eigenvalue weighted by Gasteiger charge is 2.28. The molecule has 6 nitrogen and oxygen atoms in total. The van der Waals surface area contributed by atoms with E-state index in [1.165, 1.54) is 14.2 Å². The van der Waals surface area contributed by atoms with Crippen molar-refractivity contribution < 1.29 is 19.1 Å². The van der Waals surface area contributed by atoms with E-state index >= 15 is 0 Å². The van der Waals surface area contributed by atoms with E-state index in [1.807, 2.05) is 0 Å². The zero-order valence-electron chi connectivity index (χ0n) is 10.6. The Morgan fingerprint density at radius 3 is 2.50 bits per heavy atom. The second-order valence-electron chi connectivity index (χ2n) is 4.17. The predicted octanol–water partition coefficient (Wildman–Crippen LogP) is 1.18. The van der Waals surface area contributed by atoms with Crippen molar-refractivity contribution in [3.8, 4) is 0 Å². The lowest BCUT2D eigenvalue weighted by molar-refractivity contribution is 0.0543. The van der Waals surface area contributed by atoms with Crippen LogP contribution in [0.15, 0.2) is 0 Å². The molecule has 0 bridgehead atoms. The monoisotopic (exact) mass is 252 g/mol. The predicted molar refractivity (Wildman–Crippen MR) is 62.5 cm³/mol. The Balaban J connectivity index is 2.53. The van der Waals surface area contributed by atoms with Crippen molar-refractivity contribution in [1.29, 1.82) is 0 Å². The maximum Gasteiger partial charge on any atom is 0.359 e. The van der Waals surface area contributed by atoms with Gasteiger partial charge in [0.15, 0.2) is 11.4 Å². The van der Waals surface area contributed by atoms with Crippen LogP contribution < -0.4 is 0 Å². The van der Waals surface area contributed by atoms with Gasteiger partial charge in [0.25, 0.3) is 0 Å². The van der Waals surface area contributed by atoms with Crippen molar-refractivity contribution in [3.05, 3.63) is 17.2 Å². The average Bonchev–Trinajstić information content (AvgIpc) is 2.60. The van der Waals surface area contributed by atoms with Crippen molar-refractivity contribution in [2.75, 3.05) is 14.2 Å². The molecule has 0 atom stereocenters. The van der Waals surface area contributed by atoms with Crippen molar-refractivity contribution >= 4 is 11.9 Å². The van der Waals surface area contributed by atoms with Crippen LogP contribution in [-0.4, -0.2) is 35.7 Å². The smallest absolute Gasteiger partial charge is 0.359 e. The first-order valence-electron chi connectivity index (χ1n) is 5.95. The van der Waals surface area contributed by atoms with Crippen molar-refractivity contribution in [2.45, 2.75) is 32.2 Å². The SMILES string of the molecule is COC(=O)c1nc2n(c1C(=O)OC)CCCCC2. The fourth-order valence-corrected chi connectivity index (χ4v) is 2.20. The Kier molecular flexibility index (Phi) is 3.64. The normalized spacial score (nSPS) is 14.6. The number of imidazole rings is 1. The number of nitrogens with zero attached hydrogens (tertiary/aromatic N) is 2. The lowest BCUT2D eigenvalue weighted by atomic mass is 10.2. The molecule has 98 valence electrons. The molecule has 2 heterocycles. The number of aryl methyl sites for hydroxylation is 1. The lowest BCUT2D eigenvalue weighted by Gasteiger charge is -2.07. The number of carbonyl (C=O) groups is 2. The second-order valence-corrected chi connectivity index (χ2v) is 4.17. The van der Waals surface area contributed by atoms with E-state index in [2.05, 4.69) is 9.72 Å². The van der Waals surface area contributed by atoms with Crippen LogP contribution >= 0.6 is 0 Å². The number of hydrogen-bond acceptors (Lipinski definition) is 5. The minimum Gasteiger partial charge on any atom is -0.464 e. The van der Waals surface area contributed by atoms with Gasteiger partial charge >= 0.3 is 11.9 Å². The molecule has 6 heteroatoms. The van der Waals surface area contributed by atoms with Crippen LogP contribution in [0.25, 0.3) is 0 Å². The number of methoxy groups -OCH3 is 2. The van der Waals surface area contributed by atoms with E-state index in [0.717, 1.165) is 31.5 Å².